The predicted molar refractivity (Wildman–Crippen MR) is 200 cm³/mol. The molecule has 2 heterocycles. The molecule has 0 aliphatic carbocycles. The largest absolute Gasteiger partial charge is 0.307 e. The first-order chi connectivity index (χ1) is 24.7. The predicted octanol–water partition coefficient (Wildman–Crippen LogP) is 10.8. The highest BCUT2D eigenvalue weighted by molar-refractivity contribution is 6.12. The molecule has 5 nitrogen and oxygen atoms in total. The summed E-state index contributed by atoms with van der Waals surface area (Å²) in [7, 11) is 0. The second-order valence-electron chi connectivity index (χ2n) is 12.3. The van der Waals surface area contributed by atoms with Gasteiger partial charge in [-0.25, -0.2) is 0 Å². The van der Waals surface area contributed by atoms with E-state index < -0.39 is 0 Å². The minimum atomic E-state index is 0.478. The van der Waals surface area contributed by atoms with E-state index in [4.69, 9.17) is 0 Å². The quantitative estimate of drug-likeness (QED) is 0.193. The van der Waals surface area contributed by atoms with Gasteiger partial charge >= 0.3 is 0 Å². The Morgan fingerprint density at radius 3 is 1.50 bits per heavy atom. The lowest BCUT2D eigenvalue weighted by atomic mass is 9.95. The molecule has 0 saturated heterocycles. The Bertz CT molecular complexity index is 2910. The molecule has 2 aromatic heterocycles. The molecule has 0 saturated carbocycles. The van der Waals surface area contributed by atoms with Crippen LogP contribution < -0.4 is 0 Å². The Balaban J connectivity index is 1.41. The van der Waals surface area contributed by atoms with Gasteiger partial charge in [-0.15, -0.1) is 0 Å². The SMILES string of the molecule is N#Cc1ccc2c3cc(-c4ccccc4)ccc3n(-c3c(C#N)cccc3-c3cccc(C#N)c3-n3c4ccccc4c4ccccc43)c2c1. The zero-order chi connectivity index (χ0) is 33.8. The molecule has 9 rings (SSSR count). The van der Waals surface area contributed by atoms with E-state index in [0.29, 0.717) is 22.4 Å². The number of aromatic nitrogens is 2. The third-order valence-electron chi connectivity index (χ3n) is 9.63. The van der Waals surface area contributed by atoms with E-state index in [1.165, 1.54) is 0 Å². The van der Waals surface area contributed by atoms with Crippen molar-refractivity contribution in [1.29, 1.82) is 15.8 Å². The van der Waals surface area contributed by atoms with Gasteiger partial charge in [-0.05, 0) is 59.7 Å². The second-order valence-corrected chi connectivity index (χ2v) is 12.3. The molecule has 50 heavy (non-hydrogen) atoms. The molecular formula is C45H25N5. The highest BCUT2D eigenvalue weighted by atomic mass is 15.0. The fourth-order valence-corrected chi connectivity index (χ4v) is 7.49. The summed E-state index contributed by atoms with van der Waals surface area (Å²) in [5.41, 5.74) is 10.4. The van der Waals surface area contributed by atoms with Crippen LogP contribution in [-0.2, 0) is 0 Å². The molecule has 0 aliphatic heterocycles. The lowest BCUT2D eigenvalue weighted by Crippen LogP contribution is -2.05. The molecular weight excluding hydrogens is 611 g/mol. The van der Waals surface area contributed by atoms with Crippen LogP contribution in [0.5, 0.6) is 0 Å². The van der Waals surface area contributed by atoms with Gasteiger partial charge in [0.25, 0.3) is 0 Å². The minimum absolute atomic E-state index is 0.478. The van der Waals surface area contributed by atoms with Gasteiger partial charge in [-0.1, -0.05) is 103 Å². The zero-order valence-corrected chi connectivity index (χ0v) is 26.7. The number of para-hydroxylation sites is 4. The molecule has 0 N–H and O–H groups in total. The maximum Gasteiger partial charge on any atom is 0.101 e. The van der Waals surface area contributed by atoms with Gasteiger partial charge in [0, 0.05) is 32.7 Å². The Hall–Kier alpha value is -7.39. The molecule has 0 aliphatic rings. The molecule has 5 heteroatoms. The number of benzene rings is 7. The first kappa shape index (κ1) is 28.8. The summed E-state index contributed by atoms with van der Waals surface area (Å²) < 4.78 is 4.29. The fourth-order valence-electron chi connectivity index (χ4n) is 7.49. The summed E-state index contributed by atoms with van der Waals surface area (Å²) in [5, 5.41) is 35.4. The van der Waals surface area contributed by atoms with Gasteiger partial charge in [-0.3, -0.25) is 0 Å². The standard InChI is InChI=1S/C45H25N5/c46-26-29-20-22-36-39-25-31(30-10-2-1-3-11-30)21-23-42(39)50(43(36)24-29)45-33(28-48)13-9-17-38(45)37-16-8-12-32(27-47)44(37)49-40-18-6-4-14-34(40)35-15-5-7-19-41(35)49/h1-25H. The van der Waals surface area contributed by atoms with E-state index in [9.17, 15) is 15.8 Å². The number of nitriles is 3. The molecule has 0 unspecified atom stereocenters. The molecule has 9 aromatic rings. The van der Waals surface area contributed by atoms with Crippen molar-refractivity contribution in [1.82, 2.24) is 9.13 Å². The van der Waals surface area contributed by atoms with Crippen LogP contribution in [0.1, 0.15) is 16.7 Å². The normalized spacial score (nSPS) is 11.1. The van der Waals surface area contributed by atoms with E-state index in [1.807, 2.05) is 97.1 Å². The van der Waals surface area contributed by atoms with E-state index in [0.717, 1.165) is 71.6 Å². The van der Waals surface area contributed by atoms with E-state index in [2.05, 4.69) is 81.9 Å². The minimum Gasteiger partial charge on any atom is -0.307 e. The Labute approximate surface area is 287 Å². The summed E-state index contributed by atoms with van der Waals surface area (Å²) in [6.45, 7) is 0. The number of fused-ring (bicyclic) bond motifs is 6. The number of rotatable bonds is 4. The summed E-state index contributed by atoms with van der Waals surface area (Å²) in [4.78, 5) is 0. The molecule has 0 bridgehead atoms. The van der Waals surface area contributed by atoms with Crippen LogP contribution >= 0.6 is 0 Å². The van der Waals surface area contributed by atoms with Crippen molar-refractivity contribution >= 4 is 43.6 Å². The van der Waals surface area contributed by atoms with Crippen LogP contribution in [0.3, 0.4) is 0 Å². The molecule has 0 radical (unpaired) electrons. The Kier molecular flexibility index (Phi) is 6.56. The van der Waals surface area contributed by atoms with Crippen molar-refractivity contribution in [3.05, 3.63) is 168 Å². The Morgan fingerprint density at radius 2 is 0.900 bits per heavy atom. The third-order valence-corrected chi connectivity index (χ3v) is 9.63. The van der Waals surface area contributed by atoms with Crippen molar-refractivity contribution in [2.24, 2.45) is 0 Å². The average Bonchev–Trinajstić information content (AvgIpc) is 3.69. The first-order valence-electron chi connectivity index (χ1n) is 16.3. The monoisotopic (exact) mass is 635 g/mol. The van der Waals surface area contributed by atoms with E-state index >= 15 is 0 Å². The van der Waals surface area contributed by atoms with Crippen LogP contribution in [0.2, 0.25) is 0 Å². The highest BCUT2D eigenvalue weighted by Crippen LogP contribution is 2.43. The van der Waals surface area contributed by atoms with Crippen molar-refractivity contribution in [2.75, 3.05) is 0 Å². The molecule has 0 spiro atoms. The molecule has 0 atom stereocenters. The average molecular weight is 636 g/mol. The van der Waals surface area contributed by atoms with Gasteiger partial charge in [0.1, 0.15) is 12.1 Å². The van der Waals surface area contributed by atoms with Crippen LogP contribution in [0, 0.1) is 34.0 Å². The van der Waals surface area contributed by atoms with Crippen molar-refractivity contribution in [3.63, 3.8) is 0 Å². The summed E-state index contributed by atoms with van der Waals surface area (Å²) in [5.74, 6) is 0. The first-order valence-corrected chi connectivity index (χ1v) is 16.3. The number of nitrogens with zero attached hydrogens (tertiary/aromatic N) is 5. The van der Waals surface area contributed by atoms with Crippen LogP contribution in [0.4, 0.5) is 0 Å². The molecule has 0 amide bonds. The van der Waals surface area contributed by atoms with Crippen molar-refractivity contribution < 1.29 is 0 Å². The van der Waals surface area contributed by atoms with Gasteiger partial charge in [0.05, 0.1) is 56.2 Å². The number of hydrogen-bond donors (Lipinski definition) is 0. The third kappa shape index (κ3) is 4.24. The topological polar surface area (TPSA) is 81.2 Å². The maximum atomic E-state index is 10.7. The van der Waals surface area contributed by atoms with Gasteiger partial charge < -0.3 is 9.13 Å². The van der Waals surface area contributed by atoms with E-state index in [1.54, 1.807) is 0 Å². The van der Waals surface area contributed by atoms with Crippen LogP contribution in [-0.4, -0.2) is 9.13 Å². The van der Waals surface area contributed by atoms with Crippen LogP contribution in [0.25, 0.3) is 77.2 Å². The summed E-state index contributed by atoms with van der Waals surface area (Å²) in [6, 6.07) is 57.7. The maximum absolute atomic E-state index is 10.7. The molecule has 7 aromatic carbocycles. The fraction of sp³-hybridized carbons (Fsp3) is 0. The zero-order valence-electron chi connectivity index (χ0n) is 26.7. The summed E-state index contributed by atoms with van der Waals surface area (Å²) in [6.07, 6.45) is 0. The van der Waals surface area contributed by atoms with Gasteiger partial charge in [0.15, 0.2) is 0 Å². The smallest absolute Gasteiger partial charge is 0.101 e. The second kappa shape index (κ2) is 11.4. The van der Waals surface area contributed by atoms with Crippen molar-refractivity contribution in [3.8, 4) is 51.8 Å². The van der Waals surface area contributed by atoms with Gasteiger partial charge in [-0.2, -0.15) is 15.8 Å². The van der Waals surface area contributed by atoms with E-state index in [-0.39, 0.29) is 0 Å². The highest BCUT2D eigenvalue weighted by Gasteiger charge is 2.24. The van der Waals surface area contributed by atoms with Crippen molar-refractivity contribution in [2.45, 2.75) is 0 Å². The lowest BCUT2D eigenvalue weighted by molar-refractivity contribution is 1.15. The molecule has 230 valence electrons. The van der Waals surface area contributed by atoms with Gasteiger partial charge in [0.2, 0.25) is 0 Å². The lowest BCUT2D eigenvalue weighted by Gasteiger charge is -2.20. The number of hydrogen-bond acceptors (Lipinski definition) is 3. The molecule has 0 fully saturated rings. The van der Waals surface area contributed by atoms with Crippen LogP contribution in [0.15, 0.2) is 152 Å². The summed E-state index contributed by atoms with van der Waals surface area (Å²) >= 11 is 0. The Morgan fingerprint density at radius 1 is 0.360 bits per heavy atom.